The molecule has 2 bridgehead atoms. The lowest BCUT2D eigenvalue weighted by Crippen LogP contribution is -2.63. The molecule has 0 saturated carbocycles. The van der Waals surface area contributed by atoms with E-state index in [1.165, 1.54) is 27.9 Å². The quantitative estimate of drug-likeness (QED) is 0.123. The number of hydrogen-bond donors (Lipinski definition) is 6. The van der Waals surface area contributed by atoms with E-state index in [-0.39, 0.29) is 37.5 Å². The highest BCUT2D eigenvalue weighted by Gasteiger charge is 2.47. The number of ether oxygens (including phenoxy) is 2. The molecule has 0 spiro atoms. The fraction of sp³-hybridized carbons (Fsp3) is 0.614. The first-order valence-corrected chi connectivity index (χ1v) is 22.1. The summed E-state index contributed by atoms with van der Waals surface area (Å²) in [7, 11) is 0. The van der Waals surface area contributed by atoms with Gasteiger partial charge >= 0.3 is 0 Å². The number of nitrogens with one attached hydrogen (secondary N) is 4. The van der Waals surface area contributed by atoms with Crippen molar-refractivity contribution in [1.82, 2.24) is 41.0 Å². The molecular formula is C44H63N9O10. The molecule has 5 aliphatic heterocycles. The molecule has 63 heavy (non-hydrogen) atoms. The Kier molecular flexibility index (Phi) is 15.0. The second-order valence-electron chi connectivity index (χ2n) is 17.6. The van der Waals surface area contributed by atoms with Crippen LogP contribution in [0.4, 0.5) is 0 Å². The Morgan fingerprint density at radius 3 is 1.94 bits per heavy atom. The summed E-state index contributed by atoms with van der Waals surface area (Å²) in [6.07, 6.45) is 3.36. The number of hydrazine groups is 1. The zero-order valence-corrected chi connectivity index (χ0v) is 37.0. The van der Waals surface area contributed by atoms with E-state index in [1.807, 2.05) is 20.8 Å². The van der Waals surface area contributed by atoms with Crippen LogP contribution in [-0.4, -0.2) is 140 Å². The second-order valence-corrected chi connectivity index (χ2v) is 17.6. The van der Waals surface area contributed by atoms with Gasteiger partial charge in [-0.1, -0.05) is 32.4 Å². The van der Waals surface area contributed by atoms with E-state index in [4.69, 9.17) is 15.3 Å². The van der Waals surface area contributed by atoms with Crippen LogP contribution in [0.3, 0.4) is 0 Å². The van der Waals surface area contributed by atoms with E-state index in [1.54, 1.807) is 44.4 Å². The summed E-state index contributed by atoms with van der Waals surface area (Å²) in [5.74, 6) is 2.49. The molecule has 1 aromatic rings. The van der Waals surface area contributed by atoms with E-state index >= 15 is 0 Å². The van der Waals surface area contributed by atoms with Crippen molar-refractivity contribution >= 4 is 41.4 Å². The molecule has 0 aliphatic carbocycles. The Bertz CT molecular complexity index is 1970. The van der Waals surface area contributed by atoms with Gasteiger partial charge in [-0.3, -0.25) is 38.6 Å². The van der Waals surface area contributed by atoms with E-state index in [0.717, 1.165) is 10.6 Å². The van der Waals surface area contributed by atoms with E-state index in [9.17, 15) is 38.7 Å². The average molecular weight is 878 g/mol. The number of benzene rings is 1. The molecule has 4 saturated heterocycles. The standard InChI is InChI=1S/C44H63N9O10/c1-7-25(4)35-44(61)52-20-10-13-33(52)42(59)50-18-8-11-31(50)37(55)46-26(5)40-47-30(23-63-40)41(58)53(45)34(21-28-14-16-29(17-15-28)62-22-24(2)3)43(60)51-19-9-12-32(51)38(56)49-36(27(6)54)39(57)48-35/h14-17,22-23,25-27,31-36,40,47,54H,7-13,18-21,45H2,1-6H3,(H,46,55)(H,48,57)(H,49,56)/t25-,26-,27+,31-,32-,33-,34-,35-,36-,40?/m0/s1. The summed E-state index contributed by atoms with van der Waals surface area (Å²) >= 11 is 0. The average Bonchev–Trinajstić information content (AvgIpc) is 4.11. The van der Waals surface area contributed by atoms with Gasteiger partial charge in [-0.2, -0.15) is 0 Å². The minimum atomic E-state index is -1.52. The first-order valence-electron chi connectivity index (χ1n) is 22.1. The maximum absolute atomic E-state index is 14.7. The molecule has 5 heterocycles. The van der Waals surface area contributed by atoms with Gasteiger partial charge in [0.25, 0.3) is 5.91 Å². The minimum Gasteiger partial charge on any atom is -0.474 e. The lowest BCUT2D eigenvalue weighted by Gasteiger charge is -2.35. The molecule has 0 aromatic heterocycles. The van der Waals surface area contributed by atoms with Crippen LogP contribution in [0.1, 0.15) is 92.1 Å². The van der Waals surface area contributed by atoms with Gasteiger partial charge in [0, 0.05) is 26.1 Å². The predicted molar refractivity (Wildman–Crippen MR) is 228 cm³/mol. The number of aliphatic hydroxyl groups excluding tert-OH is 1. The smallest absolute Gasteiger partial charge is 0.287 e. The molecule has 0 radical (unpaired) electrons. The van der Waals surface area contributed by atoms with Crippen molar-refractivity contribution in [2.24, 2.45) is 11.8 Å². The normalized spacial score (nSPS) is 29.8. The molecule has 1 unspecified atom stereocenters. The summed E-state index contributed by atoms with van der Waals surface area (Å²) in [6.45, 7) is 11.2. The van der Waals surface area contributed by atoms with E-state index in [0.29, 0.717) is 56.4 Å². The minimum absolute atomic E-state index is 0.0585. The molecule has 19 nitrogen and oxygen atoms in total. The Hall–Kier alpha value is -5.69. The Morgan fingerprint density at radius 1 is 0.794 bits per heavy atom. The predicted octanol–water partition coefficient (Wildman–Crippen LogP) is 0.278. The molecule has 7 amide bonds. The van der Waals surface area contributed by atoms with Crippen LogP contribution in [0.2, 0.25) is 0 Å². The number of carbonyl (C=O) groups excluding carboxylic acids is 7. The van der Waals surface area contributed by atoms with Crippen molar-refractivity contribution in [1.29, 1.82) is 0 Å². The fourth-order valence-corrected chi connectivity index (χ4v) is 8.85. The molecule has 1 aromatic carbocycles. The summed E-state index contributed by atoms with van der Waals surface area (Å²) < 4.78 is 11.5. The van der Waals surface area contributed by atoms with Crippen molar-refractivity contribution < 1.29 is 48.1 Å². The topological polar surface area (TPSA) is 245 Å². The first kappa shape index (κ1) is 46.8. The van der Waals surface area contributed by atoms with E-state index in [2.05, 4.69) is 21.3 Å². The summed E-state index contributed by atoms with van der Waals surface area (Å²) in [5, 5.41) is 23.0. The fourth-order valence-electron chi connectivity index (χ4n) is 8.85. The van der Waals surface area contributed by atoms with Crippen molar-refractivity contribution in [3.63, 3.8) is 0 Å². The third-order valence-electron chi connectivity index (χ3n) is 12.7. The van der Waals surface area contributed by atoms with Crippen LogP contribution in [0, 0.1) is 5.92 Å². The molecule has 10 atom stereocenters. The van der Waals surface area contributed by atoms with Gasteiger partial charge in [0.05, 0.1) is 18.4 Å². The molecule has 7 N–H and O–H groups in total. The first-order chi connectivity index (χ1) is 30.0. The number of nitrogens with zero attached hydrogens (tertiary/aromatic N) is 4. The van der Waals surface area contributed by atoms with Crippen LogP contribution in [0.15, 0.2) is 48.1 Å². The number of carbonyl (C=O) groups is 7. The Morgan fingerprint density at radius 2 is 1.35 bits per heavy atom. The lowest BCUT2D eigenvalue weighted by molar-refractivity contribution is -0.149. The monoisotopic (exact) mass is 877 g/mol. The van der Waals surface area contributed by atoms with Gasteiger partial charge in [-0.15, -0.1) is 0 Å². The lowest BCUT2D eigenvalue weighted by atomic mass is 9.96. The van der Waals surface area contributed by atoms with Crippen molar-refractivity contribution in [2.45, 2.75) is 148 Å². The van der Waals surface area contributed by atoms with Crippen LogP contribution < -0.4 is 31.8 Å². The maximum Gasteiger partial charge on any atom is 0.287 e. The molecule has 19 heteroatoms. The molecule has 6 rings (SSSR count). The SMILES string of the molecule is CC[C@H](C)[C@@H]1NC(=O)[C@H]([C@@H](C)O)NC(=O)[C@@H]2CCCN2C(=O)[C@H](Cc2ccc(OC=C(C)C)cc2)N(N)C(=O)C2=COC(N2)[C@H](C)NC(=O)[C@@H]2CCCN2C(=O)[C@@H]2CCCN2C1=O. The second kappa shape index (κ2) is 20.2. The van der Waals surface area contributed by atoms with Crippen LogP contribution in [0.25, 0.3) is 0 Å². The zero-order valence-electron chi connectivity index (χ0n) is 37.0. The van der Waals surface area contributed by atoms with E-state index < -0.39 is 96.0 Å². The van der Waals surface area contributed by atoms with Crippen molar-refractivity contribution in [3.8, 4) is 5.75 Å². The molecule has 5 aliphatic rings. The number of nitrogens with two attached hydrogens (primary N) is 1. The molecular weight excluding hydrogens is 815 g/mol. The number of rotatable bonds is 7. The Balaban J connectivity index is 1.33. The highest BCUT2D eigenvalue weighted by Crippen LogP contribution is 2.28. The number of allylic oxidation sites excluding steroid dienone is 1. The number of aliphatic hydroxyl groups is 1. The Labute approximate surface area is 368 Å². The highest BCUT2D eigenvalue weighted by molar-refractivity contribution is 5.99. The molecule has 4 fully saturated rings. The number of hydrogen-bond acceptors (Lipinski definition) is 12. The summed E-state index contributed by atoms with van der Waals surface area (Å²) in [6, 6.07) is -0.554. The van der Waals surface area contributed by atoms with Gasteiger partial charge in [-0.05, 0) is 95.4 Å². The van der Waals surface area contributed by atoms with Crippen LogP contribution in [0.5, 0.6) is 5.75 Å². The van der Waals surface area contributed by atoms with Gasteiger partial charge in [0.2, 0.25) is 35.4 Å². The van der Waals surface area contributed by atoms with Crippen LogP contribution >= 0.6 is 0 Å². The highest BCUT2D eigenvalue weighted by atomic mass is 16.5. The van der Waals surface area contributed by atoms with Crippen LogP contribution in [-0.2, 0) is 44.7 Å². The number of amides is 7. The third kappa shape index (κ3) is 10.4. The van der Waals surface area contributed by atoms with Gasteiger partial charge in [0.15, 0.2) is 6.23 Å². The maximum atomic E-state index is 14.7. The number of fused-ring (bicyclic) bond motifs is 5. The van der Waals surface area contributed by atoms with Crippen molar-refractivity contribution in [2.75, 3.05) is 19.6 Å². The third-order valence-corrected chi connectivity index (χ3v) is 12.7. The van der Waals surface area contributed by atoms with Gasteiger partial charge in [0.1, 0.15) is 54.0 Å². The summed E-state index contributed by atoms with van der Waals surface area (Å²) in [5.41, 5.74) is 1.50. The van der Waals surface area contributed by atoms with Gasteiger partial charge in [-0.25, -0.2) is 5.84 Å². The largest absolute Gasteiger partial charge is 0.474 e. The van der Waals surface area contributed by atoms with Crippen molar-refractivity contribution in [3.05, 3.63) is 53.6 Å². The van der Waals surface area contributed by atoms with Gasteiger partial charge < -0.3 is 50.5 Å². The molecule has 344 valence electrons. The zero-order chi connectivity index (χ0) is 45.7. The summed E-state index contributed by atoms with van der Waals surface area (Å²) in [4.78, 5) is 104.